The SMILES string of the molecule is CNC(=O)c1c(F)cnc2c(C(C)[C@H](C)CNc3cc(-c4cnc(COC(C)C)nc4)ncn3)cccc12. The minimum Gasteiger partial charge on any atom is -0.371 e. The van der Waals surface area contributed by atoms with Crippen LogP contribution in [0.25, 0.3) is 22.2 Å². The molecule has 0 saturated carbocycles. The van der Waals surface area contributed by atoms with Gasteiger partial charge < -0.3 is 15.4 Å². The first-order valence-corrected chi connectivity index (χ1v) is 12.6. The normalized spacial score (nSPS) is 12.9. The Morgan fingerprint density at radius 3 is 2.50 bits per heavy atom. The predicted octanol–water partition coefficient (Wildman–Crippen LogP) is 4.76. The minimum absolute atomic E-state index is 0.00954. The van der Waals surface area contributed by atoms with Crippen molar-refractivity contribution in [2.75, 3.05) is 18.9 Å². The summed E-state index contributed by atoms with van der Waals surface area (Å²) in [5.74, 6) is 0.416. The van der Waals surface area contributed by atoms with Crippen LogP contribution in [-0.2, 0) is 11.3 Å². The lowest BCUT2D eigenvalue weighted by Gasteiger charge is -2.22. The van der Waals surface area contributed by atoms with Crippen LogP contribution in [0.1, 0.15) is 55.4 Å². The molecule has 4 rings (SSSR count). The first-order valence-electron chi connectivity index (χ1n) is 12.6. The monoisotopic (exact) mass is 517 g/mol. The number of halogens is 1. The van der Waals surface area contributed by atoms with Crippen LogP contribution in [0.4, 0.5) is 10.2 Å². The van der Waals surface area contributed by atoms with E-state index in [1.165, 1.54) is 13.4 Å². The topological polar surface area (TPSA) is 115 Å². The fraction of sp³-hybridized carbons (Fsp3) is 0.357. The van der Waals surface area contributed by atoms with Gasteiger partial charge in [0.25, 0.3) is 5.91 Å². The molecule has 1 unspecified atom stereocenters. The molecule has 0 bridgehead atoms. The largest absolute Gasteiger partial charge is 0.371 e. The lowest BCUT2D eigenvalue weighted by Crippen LogP contribution is -2.21. The molecule has 1 aromatic carbocycles. The van der Waals surface area contributed by atoms with Crippen molar-refractivity contribution in [2.45, 2.75) is 46.3 Å². The van der Waals surface area contributed by atoms with Gasteiger partial charge in [0, 0.05) is 43.0 Å². The fourth-order valence-corrected chi connectivity index (χ4v) is 4.11. The van der Waals surface area contributed by atoms with Crippen LogP contribution in [0.15, 0.2) is 49.2 Å². The van der Waals surface area contributed by atoms with Crippen molar-refractivity contribution in [1.29, 1.82) is 0 Å². The second-order valence-corrected chi connectivity index (χ2v) is 9.49. The maximum absolute atomic E-state index is 14.4. The summed E-state index contributed by atoms with van der Waals surface area (Å²) in [6, 6.07) is 7.39. The third kappa shape index (κ3) is 6.08. The summed E-state index contributed by atoms with van der Waals surface area (Å²) in [5.41, 5.74) is 3.07. The zero-order valence-electron chi connectivity index (χ0n) is 22.2. The van der Waals surface area contributed by atoms with Crippen molar-refractivity contribution in [1.82, 2.24) is 30.2 Å². The number of ether oxygens (including phenoxy) is 1. The Kier molecular flexibility index (Phi) is 8.52. The van der Waals surface area contributed by atoms with Crippen molar-refractivity contribution >= 4 is 22.6 Å². The molecule has 0 aliphatic heterocycles. The number of nitrogens with zero attached hydrogens (tertiary/aromatic N) is 5. The second-order valence-electron chi connectivity index (χ2n) is 9.49. The summed E-state index contributed by atoms with van der Waals surface area (Å²) in [5, 5.41) is 6.40. The quantitative estimate of drug-likeness (QED) is 0.310. The molecule has 3 heterocycles. The van der Waals surface area contributed by atoms with Crippen LogP contribution in [0, 0.1) is 11.7 Å². The Morgan fingerprint density at radius 2 is 1.79 bits per heavy atom. The number of rotatable bonds is 10. The predicted molar refractivity (Wildman–Crippen MR) is 144 cm³/mol. The molecular weight excluding hydrogens is 485 g/mol. The van der Waals surface area contributed by atoms with Crippen LogP contribution < -0.4 is 10.6 Å². The Labute approximate surface area is 221 Å². The fourth-order valence-electron chi connectivity index (χ4n) is 4.11. The van der Waals surface area contributed by atoms with Crippen molar-refractivity contribution in [2.24, 2.45) is 5.92 Å². The number of para-hydroxylation sites is 1. The number of carbonyl (C=O) groups excluding carboxylic acids is 1. The van der Waals surface area contributed by atoms with E-state index in [4.69, 9.17) is 4.74 Å². The minimum atomic E-state index is -0.639. The summed E-state index contributed by atoms with van der Waals surface area (Å²) in [6.45, 7) is 9.13. The van der Waals surface area contributed by atoms with E-state index in [0.29, 0.717) is 41.4 Å². The zero-order valence-corrected chi connectivity index (χ0v) is 22.2. The van der Waals surface area contributed by atoms with E-state index >= 15 is 0 Å². The van der Waals surface area contributed by atoms with Gasteiger partial charge >= 0.3 is 0 Å². The third-order valence-electron chi connectivity index (χ3n) is 6.50. The molecule has 0 aliphatic carbocycles. The first kappa shape index (κ1) is 27.0. The van der Waals surface area contributed by atoms with Gasteiger partial charge in [0.1, 0.15) is 18.8 Å². The van der Waals surface area contributed by atoms with E-state index in [1.54, 1.807) is 18.5 Å². The van der Waals surface area contributed by atoms with Gasteiger partial charge in [-0.1, -0.05) is 32.0 Å². The molecule has 2 atom stereocenters. The molecule has 9 nitrogen and oxygen atoms in total. The molecule has 0 saturated heterocycles. The van der Waals surface area contributed by atoms with Gasteiger partial charge in [-0.2, -0.15) is 0 Å². The number of amides is 1. The lowest BCUT2D eigenvalue weighted by atomic mass is 9.87. The van der Waals surface area contributed by atoms with Crippen LogP contribution >= 0.6 is 0 Å². The van der Waals surface area contributed by atoms with Crippen molar-refractivity contribution < 1.29 is 13.9 Å². The van der Waals surface area contributed by atoms with E-state index < -0.39 is 11.7 Å². The molecule has 3 aromatic heterocycles. The summed E-state index contributed by atoms with van der Waals surface area (Å²) in [6.07, 6.45) is 6.18. The van der Waals surface area contributed by atoms with Crippen LogP contribution in [-0.4, -0.2) is 50.5 Å². The molecule has 2 N–H and O–H groups in total. The number of anilines is 1. The van der Waals surface area contributed by atoms with Crippen LogP contribution in [0.3, 0.4) is 0 Å². The third-order valence-corrected chi connectivity index (χ3v) is 6.50. The van der Waals surface area contributed by atoms with Crippen LogP contribution in [0.2, 0.25) is 0 Å². The van der Waals surface area contributed by atoms with E-state index in [1.807, 2.05) is 32.0 Å². The Morgan fingerprint density at radius 1 is 1.03 bits per heavy atom. The Hall–Kier alpha value is -4.05. The summed E-state index contributed by atoms with van der Waals surface area (Å²) < 4.78 is 20.0. The maximum Gasteiger partial charge on any atom is 0.254 e. The number of nitrogens with one attached hydrogen (secondary N) is 2. The molecule has 0 fully saturated rings. The summed E-state index contributed by atoms with van der Waals surface area (Å²) in [4.78, 5) is 34.1. The van der Waals surface area contributed by atoms with Gasteiger partial charge in [-0.05, 0) is 31.2 Å². The number of benzene rings is 1. The molecule has 0 radical (unpaired) electrons. The Balaban J connectivity index is 1.47. The number of aromatic nitrogens is 5. The number of hydrogen-bond donors (Lipinski definition) is 2. The first-order chi connectivity index (χ1) is 18.3. The molecule has 0 spiro atoms. The maximum atomic E-state index is 14.4. The van der Waals surface area contributed by atoms with E-state index in [9.17, 15) is 9.18 Å². The second kappa shape index (κ2) is 12.0. The van der Waals surface area contributed by atoms with Gasteiger partial charge in [0.15, 0.2) is 11.6 Å². The smallest absolute Gasteiger partial charge is 0.254 e. The van der Waals surface area contributed by atoms with Gasteiger partial charge in [0.2, 0.25) is 0 Å². The highest BCUT2D eigenvalue weighted by Gasteiger charge is 2.22. The molecule has 198 valence electrons. The number of fused-ring (bicyclic) bond motifs is 1. The lowest BCUT2D eigenvalue weighted by molar-refractivity contribution is 0.0613. The number of hydrogen-bond acceptors (Lipinski definition) is 8. The molecule has 4 aromatic rings. The van der Waals surface area contributed by atoms with E-state index in [0.717, 1.165) is 17.3 Å². The Bertz CT molecular complexity index is 1410. The summed E-state index contributed by atoms with van der Waals surface area (Å²) in [7, 11) is 1.48. The molecule has 10 heteroatoms. The number of carbonyl (C=O) groups is 1. The highest BCUT2D eigenvalue weighted by Crippen LogP contribution is 2.32. The summed E-state index contributed by atoms with van der Waals surface area (Å²) >= 11 is 0. The zero-order chi connectivity index (χ0) is 27.2. The van der Waals surface area contributed by atoms with E-state index in [-0.39, 0.29) is 23.5 Å². The van der Waals surface area contributed by atoms with E-state index in [2.05, 4.69) is 49.4 Å². The van der Waals surface area contributed by atoms with Gasteiger partial charge in [-0.3, -0.25) is 9.78 Å². The van der Waals surface area contributed by atoms with Crippen LogP contribution in [0.5, 0.6) is 0 Å². The molecule has 0 aliphatic rings. The highest BCUT2D eigenvalue weighted by atomic mass is 19.1. The van der Waals surface area contributed by atoms with Gasteiger partial charge in [-0.25, -0.2) is 24.3 Å². The number of pyridine rings is 1. The van der Waals surface area contributed by atoms with Crippen molar-refractivity contribution in [3.8, 4) is 11.3 Å². The van der Waals surface area contributed by atoms with Crippen molar-refractivity contribution in [3.63, 3.8) is 0 Å². The van der Waals surface area contributed by atoms with Crippen molar-refractivity contribution in [3.05, 3.63) is 72.0 Å². The van der Waals surface area contributed by atoms with Gasteiger partial charge in [0.05, 0.1) is 29.1 Å². The highest BCUT2D eigenvalue weighted by molar-refractivity contribution is 6.06. The molecule has 38 heavy (non-hydrogen) atoms. The molecular formula is C28H32FN7O2. The average Bonchev–Trinajstić information content (AvgIpc) is 2.94. The average molecular weight is 518 g/mol. The molecule has 1 amide bonds. The standard InChI is InChI=1S/C28H32FN7O2/c1-16(2)38-14-25-32-11-19(12-33-25)23-9-24(36-15-35-23)31-10-17(3)18(4)20-7-6-8-21-26(28(37)30-5)22(29)13-34-27(20)21/h6-9,11-13,15-18H,10,14H2,1-5H3,(H,30,37)(H,31,35,36)/t17-,18?/m1/s1. The van der Waals surface area contributed by atoms with Gasteiger partial charge in [-0.15, -0.1) is 0 Å².